The van der Waals surface area contributed by atoms with Gasteiger partial charge in [0.25, 0.3) is 0 Å². The number of ether oxygens (including phenoxy) is 2. The van der Waals surface area contributed by atoms with Gasteiger partial charge in [-0.1, -0.05) is 31.5 Å². The predicted octanol–water partition coefficient (Wildman–Crippen LogP) is 6.70. The molecular formula is C34H46N4O3. The van der Waals surface area contributed by atoms with E-state index in [1.807, 2.05) is 52.3 Å². The Hall–Kier alpha value is -3.61. The van der Waals surface area contributed by atoms with E-state index in [0.29, 0.717) is 18.6 Å². The van der Waals surface area contributed by atoms with Gasteiger partial charge in [0.1, 0.15) is 18.2 Å². The van der Waals surface area contributed by atoms with Crippen LogP contribution in [0.5, 0.6) is 5.75 Å². The number of anilines is 2. The minimum Gasteiger partial charge on any atom is -0.491 e. The number of esters is 1. The maximum Gasteiger partial charge on any atom is 0.310 e. The van der Waals surface area contributed by atoms with Crippen molar-refractivity contribution in [2.75, 3.05) is 43.1 Å². The van der Waals surface area contributed by atoms with Crippen LogP contribution in [0.3, 0.4) is 0 Å². The van der Waals surface area contributed by atoms with Crippen LogP contribution in [0.2, 0.25) is 0 Å². The average Bonchev–Trinajstić information content (AvgIpc) is 2.91. The highest BCUT2D eigenvalue weighted by Gasteiger charge is 2.29. The summed E-state index contributed by atoms with van der Waals surface area (Å²) in [5, 5.41) is 0. The lowest BCUT2D eigenvalue weighted by Gasteiger charge is -2.40. The van der Waals surface area contributed by atoms with Crippen molar-refractivity contribution in [2.45, 2.75) is 73.8 Å². The lowest BCUT2D eigenvalue weighted by atomic mass is 9.82. The largest absolute Gasteiger partial charge is 0.491 e. The average molecular weight is 559 g/mol. The molecule has 1 fully saturated rings. The summed E-state index contributed by atoms with van der Waals surface area (Å²) in [6.45, 7) is 17.7. The summed E-state index contributed by atoms with van der Waals surface area (Å²) >= 11 is 0. The van der Waals surface area contributed by atoms with Crippen molar-refractivity contribution in [3.8, 4) is 16.9 Å². The first-order valence-electron chi connectivity index (χ1n) is 14.7. The number of hydrogen-bond acceptors (Lipinski definition) is 7. The zero-order chi connectivity index (χ0) is 29.7. The Morgan fingerprint density at radius 1 is 1.05 bits per heavy atom. The molecule has 41 heavy (non-hydrogen) atoms. The van der Waals surface area contributed by atoms with Crippen molar-refractivity contribution in [2.24, 2.45) is 5.41 Å². The first-order chi connectivity index (χ1) is 19.4. The third kappa shape index (κ3) is 7.78. The van der Waals surface area contributed by atoms with Gasteiger partial charge in [-0.05, 0) is 76.6 Å². The molecule has 0 radical (unpaired) electrons. The zero-order valence-corrected chi connectivity index (χ0v) is 26.1. The smallest absolute Gasteiger partial charge is 0.310 e. The van der Waals surface area contributed by atoms with E-state index in [0.717, 1.165) is 71.1 Å². The molecule has 0 spiro atoms. The molecule has 0 N–H and O–H groups in total. The Balaban J connectivity index is 1.56. The quantitative estimate of drug-likeness (QED) is 0.256. The van der Waals surface area contributed by atoms with Crippen molar-refractivity contribution in [1.29, 1.82) is 0 Å². The standard InChI is InChI=1S/C34H46N4O3/c1-23(2)41-32(39)20-28-26(5)35-22-29(33(28)38-15-13-34(6,7)14-16-38)27-10-12-31(36-21-27)37(8)17-18-40-30-11-9-24(3)19-25(30)4/h9-12,19,21-23H,13-18,20H2,1-8H3. The SMILES string of the molecule is Cc1ccc(OCCN(C)c2ccc(-c3cnc(C)c(CC(=O)OC(C)C)c3N3CCC(C)(C)CC3)cn2)c(C)c1. The lowest BCUT2D eigenvalue weighted by molar-refractivity contribution is -0.146. The van der Waals surface area contributed by atoms with Gasteiger partial charge < -0.3 is 19.3 Å². The molecule has 4 rings (SSSR count). The molecule has 1 aromatic carbocycles. The Bertz CT molecular complexity index is 1340. The molecule has 0 atom stereocenters. The number of rotatable bonds is 10. The predicted molar refractivity (Wildman–Crippen MR) is 167 cm³/mol. The van der Waals surface area contributed by atoms with Crippen molar-refractivity contribution in [3.63, 3.8) is 0 Å². The summed E-state index contributed by atoms with van der Waals surface area (Å²) in [5.74, 6) is 1.57. The maximum absolute atomic E-state index is 12.8. The number of carbonyl (C=O) groups is 1. The highest BCUT2D eigenvalue weighted by Crippen LogP contribution is 2.40. The molecule has 7 nitrogen and oxygen atoms in total. The van der Waals surface area contributed by atoms with Gasteiger partial charge in [0, 0.05) is 54.9 Å². The van der Waals surface area contributed by atoms with E-state index in [4.69, 9.17) is 19.4 Å². The second-order valence-corrected chi connectivity index (χ2v) is 12.4. The van der Waals surface area contributed by atoms with E-state index in [9.17, 15) is 4.79 Å². The fourth-order valence-electron chi connectivity index (χ4n) is 5.34. The fraction of sp³-hybridized carbons (Fsp3) is 0.500. The molecule has 0 amide bonds. The number of carbonyl (C=O) groups excluding carboxylic acids is 1. The zero-order valence-electron chi connectivity index (χ0n) is 26.1. The number of aromatic nitrogens is 2. The Morgan fingerprint density at radius 2 is 1.78 bits per heavy atom. The summed E-state index contributed by atoms with van der Waals surface area (Å²) in [6.07, 6.45) is 6.08. The summed E-state index contributed by atoms with van der Waals surface area (Å²) in [6, 6.07) is 10.4. The van der Waals surface area contributed by atoms with Crippen LogP contribution >= 0.6 is 0 Å². The topological polar surface area (TPSA) is 67.8 Å². The van der Waals surface area contributed by atoms with E-state index < -0.39 is 0 Å². The molecule has 1 aliphatic heterocycles. The van der Waals surface area contributed by atoms with Crippen molar-refractivity contribution in [1.82, 2.24) is 9.97 Å². The number of pyridine rings is 2. The molecule has 3 heterocycles. The van der Waals surface area contributed by atoms with Crippen LogP contribution in [0.1, 0.15) is 62.9 Å². The first-order valence-corrected chi connectivity index (χ1v) is 14.7. The van der Waals surface area contributed by atoms with E-state index in [1.54, 1.807) is 0 Å². The summed E-state index contributed by atoms with van der Waals surface area (Å²) in [7, 11) is 2.03. The third-order valence-electron chi connectivity index (χ3n) is 7.95. The van der Waals surface area contributed by atoms with Crippen LogP contribution in [0.15, 0.2) is 42.7 Å². The lowest BCUT2D eigenvalue weighted by Crippen LogP contribution is -2.38. The molecule has 7 heteroatoms. The van der Waals surface area contributed by atoms with Gasteiger partial charge in [0.15, 0.2) is 0 Å². The molecule has 220 valence electrons. The van der Waals surface area contributed by atoms with Crippen LogP contribution in [0, 0.1) is 26.2 Å². The van der Waals surface area contributed by atoms with Gasteiger partial charge in [0.2, 0.25) is 0 Å². The van der Waals surface area contributed by atoms with Crippen LogP contribution in [-0.4, -0.2) is 55.3 Å². The number of aryl methyl sites for hydroxylation is 3. The Morgan fingerprint density at radius 3 is 2.41 bits per heavy atom. The number of benzene rings is 1. The summed E-state index contributed by atoms with van der Waals surface area (Å²) in [4.78, 5) is 26.8. The monoisotopic (exact) mass is 558 g/mol. The van der Waals surface area contributed by atoms with Crippen LogP contribution in [-0.2, 0) is 16.0 Å². The number of piperidine rings is 1. The maximum atomic E-state index is 12.8. The van der Waals surface area contributed by atoms with E-state index in [1.165, 1.54) is 5.56 Å². The van der Waals surface area contributed by atoms with Gasteiger partial charge >= 0.3 is 5.97 Å². The van der Waals surface area contributed by atoms with Crippen LogP contribution in [0.4, 0.5) is 11.5 Å². The van der Waals surface area contributed by atoms with Gasteiger partial charge in [-0.25, -0.2) is 4.98 Å². The van der Waals surface area contributed by atoms with Gasteiger partial charge in [-0.3, -0.25) is 9.78 Å². The summed E-state index contributed by atoms with van der Waals surface area (Å²) < 4.78 is 11.6. The van der Waals surface area contributed by atoms with E-state index in [2.05, 4.69) is 55.7 Å². The minimum atomic E-state index is -0.223. The highest BCUT2D eigenvalue weighted by atomic mass is 16.5. The molecular weight excluding hydrogens is 512 g/mol. The molecule has 1 aliphatic rings. The number of nitrogens with zero attached hydrogens (tertiary/aromatic N) is 4. The fourth-order valence-corrected chi connectivity index (χ4v) is 5.34. The molecule has 0 aliphatic carbocycles. The van der Waals surface area contributed by atoms with Crippen molar-refractivity contribution >= 4 is 17.5 Å². The number of likely N-dealkylation sites (N-methyl/N-ethyl adjacent to an activating group) is 1. The molecule has 0 bridgehead atoms. The van der Waals surface area contributed by atoms with Crippen molar-refractivity contribution in [3.05, 3.63) is 65.1 Å². The van der Waals surface area contributed by atoms with E-state index >= 15 is 0 Å². The third-order valence-corrected chi connectivity index (χ3v) is 7.95. The van der Waals surface area contributed by atoms with Crippen LogP contribution in [0.25, 0.3) is 11.1 Å². The van der Waals surface area contributed by atoms with Crippen molar-refractivity contribution < 1.29 is 14.3 Å². The van der Waals surface area contributed by atoms with Gasteiger partial charge in [0.05, 0.1) is 24.8 Å². The van der Waals surface area contributed by atoms with Gasteiger partial charge in [-0.2, -0.15) is 0 Å². The molecule has 3 aromatic rings. The molecule has 2 aromatic heterocycles. The van der Waals surface area contributed by atoms with E-state index in [-0.39, 0.29) is 18.5 Å². The Kier molecular flexibility index (Phi) is 9.57. The molecule has 1 saturated heterocycles. The Labute approximate surface area is 245 Å². The van der Waals surface area contributed by atoms with Crippen LogP contribution < -0.4 is 14.5 Å². The second-order valence-electron chi connectivity index (χ2n) is 12.4. The highest BCUT2D eigenvalue weighted by molar-refractivity contribution is 5.85. The number of hydrogen-bond donors (Lipinski definition) is 0. The first kappa shape index (κ1) is 30.4. The molecule has 0 unspecified atom stereocenters. The normalized spacial score (nSPS) is 14.7. The second kappa shape index (κ2) is 12.9. The van der Waals surface area contributed by atoms with Gasteiger partial charge in [-0.15, -0.1) is 0 Å². The minimum absolute atomic E-state index is 0.154. The summed E-state index contributed by atoms with van der Waals surface area (Å²) in [5.41, 5.74) is 7.56. The molecule has 0 saturated carbocycles.